The summed E-state index contributed by atoms with van der Waals surface area (Å²) in [6.45, 7) is 6.98. The number of allylic oxidation sites excluding steroid dienone is 2. The second-order valence-electron chi connectivity index (χ2n) is 12.7. The van der Waals surface area contributed by atoms with Crippen LogP contribution in [0.1, 0.15) is 73.4 Å². The quantitative estimate of drug-likeness (QED) is 0.333. The summed E-state index contributed by atoms with van der Waals surface area (Å²) in [6.07, 6.45) is 2.43. The van der Waals surface area contributed by atoms with Crippen LogP contribution >= 0.6 is 0 Å². The lowest BCUT2D eigenvalue weighted by atomic mass is 9.75. The minimum Gasteiger partial charge on any atom is -0.385 e. The van der Waals surface area contributed by atoms with Crippen molar-refractivity contribution in [2.24, 2.45) is 5.41 Å². The van der Waals surface area contributed by atoms with Crippen LogP contribution in [0.2, 0.25) is 0 Å². The zero-order valence-electron chi connectivity index (χ0n) is 25.8. The van der Waals surface area contributed by atoms with Gasteiger partial charge in [-0.15, -0.1) is 0 Å². The van der Waals surface area contributed by atoms with Crippen LogP contribution in [0.3, 0.4) is 0 Å². The molecule has 46 heavy (non-hydrogen) atoms. The molecule has 0 unspecified atom stereocenters. The van der Waals surface area contributed by atoms with Gasteiger partial charge in [-0.25, -0.2) is 9.78 Å². The molecule has 0 atom stereocenters. The van der Waals surface area contributed by atoms with Crippen LogP contribution < -0.4 is 5.32 Å². The Morgan fingerprint density at radius 2 is 1.85 bits per heavy atom. The number of aromatic nitrogens is 2. The van der Waals surface area contributed by atoms with Crippen molar-refractivity contribution < 1.29 is 37.0 Å². The van der Waals surface area contributed by atoms with Gasteiger partial charge >= 0.3 is 18.1 Å². The number of aromatic amines is 1. The standard InChI is InChI=1S/C32H37F3N6O5/c1-30(2)7-5-21(6-8-30)24-17-22(3-4-25(24)39-28(43)27-37-19-23(18-36)38-27)31(9-15-45-16-10-31)41-13-11-40(12-14-41)20-26(42)46-29(44)32(33,34)35/h3-5,17,19H,6-16,20H2,1-2H3,(H,37,38)(H,39,43). The number of alkyl halides is 3. The van der Waals surface area contributed by atoms with Crippen LogP contribution in [0.25, 0.3) is 5.57 Å². The van der Waals surface area contributed by atoms with Crippen LogP contribution in [0.4, 0.5) is 18.9 Å². The van der Waals surface area contributed by atoms with E-state index in [0.717, 1.165) is 36.0 Å². The number of nitrogens with one attached hydrogen (secondary N) is 2. The molecule has 0 spiro atoms. The van der Waals surface area contributed by atoms with Crippen molar-refractivity contribution in [3.63, 3.8) is 0 Å². The summed E-state index contributed by atoms with van der Waals surface area (Å²) in [5.41, 5.74) is 3.68. The van der Waals surface area contributed by atoms with Crippen LogP contribution in [-0.4, -0.2) is 89.7 Å². The zero-order valence-corrected chi connectivity index (χ0v) is 25.8. The van der Waals surface area contributed by atoms with Crippen LogP contribution in [0.5, 0.6) is 0 Å². The first-order valence-electron chi connectivity index (χ1n) is 15.3. The highest BCUT2D eigenvalue weighted by atomic mass is 19.4. The van der Waals surface area contributed by atoms with Gasteiger partial charge < -0.3 is 19.8 Å². The number of halogens is 3. The highest BCUT2D eigenvalue weighted by Gasteiger charge is 2.44. The van der Waals surface area contributed by atoms with Gasteiger partial charge in [0.15, 0.2) is 5.82 Å². The Hall–Kier alpha value is -4.06. The van der Waals surface area contributed by atoms with E-state index in [2.05, 4.69) is 50.9 Å². The number of benzene rings is 1. The van der Waals surface area contributed by atoms with Gasteiger partial charge in [0.2, 0.25) is 0 Å². The van der Waals surface area contributed by atoms with Crippen LogP contribution in [0.15, 0.2) is 30.5 Å². The molecule has 5 rings (SSSR count). The van der Waals surface area contributed by atoms with Gasteiger partial charge in [0, 0.05) is 50.6 Å². The number of piperazine rings is 1. The number of carbonyl (C=O) groups excluding carboxylic acids is 3. The maximum absolute atomic E-state index is 13.1. The average Bonchev–Trinajstić information content (AvgIpc) is 3.51. The fraction of sp³-hybridized carbons (Fsp3) is 0.531. The predicted octanol–water partition coefficient (Wildman–Crippen LogP) is 4.38. The first-order valence-corrected chi connectivity index (χ1v) is 15.3. The van der Waals surface area contributed by atoms with Gasteiger partial charge in [-0.3, -0.25) is 19.4 Å². The average molecular weight is 643 g/mol. The van der Waals surface area contributed by atoms with Gasteiger partial charge in [-0.2, -0.15) is 18.4 Å². The molecule has 246 valence electrons. The zero-order chi connectivity index (χ0) is 33.1. The fourth-order valence-electron chi connectivity index (χ4n) is 6.41. The summed E-state index contributed by atoms with van der Waals surface area (Å²) in [5.74, 6) is -4.17. The molecule has 2 aliphatic heterocycles. The van der Waals surface area contributed by atoms with Crippen molar-refractivity contribution in [3.8, 4) is 6.07 Å². The second kappa shape index (κ2) is 13.4. The van der Waals surface area contributed by atoms with Gasteiger partial charge in [-0.1, -0.05) is 26.0 Å². The number of hydrogen-bond donors (Lipinski definition) is 2. The van der Waals surface area contributed by atoms with Crippen molar-refractivity contribution in [1.82, 2.24) is 19.8 Å². The third-order valence-corrected chi connectivity index (χ3v) is 9.12. The molecule has 0 radical (unpaired) electrons. The number of nitrogens with zero attached hydrogens (tertiary/aromatic N) is 4. The molecule has 3 aliphatic rings. The van der Waals surface area contributed by atoms with Gasteiger partial charge in [-0.05, 0) is 60.8 Å². The minimum absolute atomic E-state index is 0.0377. The summed E-state index contributed by atoms with van der Waals surface area (Å²) in [5, 5.41) is 12.1. The van der Waals surface area contributed by atoms with E-state index in [4.69, 9.17) is 10.00 Å². The van der Waals surface area contributed by atoms with Crippen molar-refractivity contribution in [3.05, 3.63) is 53.1 Å². The number of rotatable bonds is 7. The topological polar surface area (TPSA) is 141 Å². The molecule has 1 aromatic heterocycles. The molecule has 1 aromatic carbocycles. The minimum atomic E-state index is -5.23. The maximum Gasteiger partial charge on any atom is 0.491 e. The number of H-pyrrole nitrogens is 1. The van der Waals surface area contributed by atoms with E-state index in [1.54, 1.807) is 4.90 Å². The Labute approximate surface area is 264 Å². The molecular weight excluding hydrogens is 605 g/mol. The Morgan fingerprint density at radius 1 is 1.13 bits per heavy atom. The summed E-state index contributed by atoms with van der Waals surface area (Å²) < 4.78 is 47.3. The van der Waals surface area contributed by atoms with Crippen LogP contribution in [0, 0.1) is 16.7 Å². The van der Waals surface area contributed by atoms with E-state index < -0.39 is 36.1 Å². The molecule has 11 nitrogen and oxygen atoms in total. The molecule has 14 heteroatoms. The molecule has 0 bridgehead atoms. The summed E-state index contributed by atoms with van der Waals surface area (Å²) in [4.78, 5) is 47.0. The van der Waals surface area contributed by atoms with Crippen molar-refractivity contribution >= 4 is 29.1 Å². The van der Waals surface area contributed by atoms with E-state index in [9.17, 15) is 27.6 Å². The Morgan fingerprint density at radius 3 is 2.46 bits per heavy atom. The lowest BCUT2D eigenvalue weighted by Crippen LogP contribution is -2.58. The molecule has 2 N–H and O–H groups in total. The largest absolute Gasteiger partial charge is 0.491 e. The molecule has 2 aromatic rings. The number of ether oxygens (including phenoxy) is 2. The summed E-state index contributed by atoms with van der Waals surface area (Å²) >= 11 is 0. The van der Waals surface area contributed by atoms with E-state index in [-0.39, 0.29) is 16.9 Å². The van der Waals surface area contributed by atoms with E-state index >= 15 is 0 Å². The number of anilines is 1. The normalized spacial score (nSPS) is 20.3. The third kappa shape index (κ3) is 7.49. The SMILES string of the molecule is CC1(C)CC=C(c2cc(C3(N4CCN(CC(=O)OC(=O)C(F)(F)F)CC4)CCOCC3)ccc2NC(=O)c2ncc(C#N)[nH]2)CC1. The van der Waals surface area contributed by atoms with E-state index in [0.29, 0.717) is 57.9 Å². The molecule has 1 amide bonds. The first-order chi connectivity index (χ1) is 21.8. The summed E-state index contributed by atoms with van der Waals surface area (Å²) in [6, 6.07) is 7.99. The Balaban J connectivity index is 1.39. The molecule has 1 aliphatic carbocycles. The lowest BCUT2D eigenvalue weighted by Gasteiger charge is -2.50. The summed E-state index contributed by atoms with van der Waals surface area (Å²) in [7, 11) is 0. The smallest absolute Gasteiger partial charge is 0.385 e. The Bertz CT molecular complexity index is 1550. The van der Waals surface area contributed by atoms with E-state index in [1.165, 1.54) is 6.20 Å². The Kier molecular flexibility index (Phi) is 9.67. The van der Waals surface area contributed by atoms with E-state index in [1.807, 2.05) is 18.2 Å². The van der Waals surface area contributed by atoms with Crippen molar-refractivity contribution in [1.29, 1.82) is 5.26 Å². The maximum atomic E-state index is 13.1. The van der Waals surface area contributed by atoms with Gasteiger partial charge in [0.05, 0.1) is 18.3 Å². The number of hydrogen-bond acceptors (Lipinski definition) is 9. The van der Waals surface area contributed by atoms with Crippen LogP contribution in [-0.2, 0) is 24.6 Å². The molecule has 2 fully saturated rings. The van der Waals surface area contributed by atoms with Crippen molar-refractivity contribution in [2.75, 3.05) is 51.3 Å². The van der Waals surface area contributed by atoms with Gasteiger partial charge in [0.1, 0.15) is 11.8 Å². The highest BCUT2D eigenvalue weighted by Crippen LogP contribution is 2.44. The highest BCUT2D eigenvalue weighted by molar-refractivity contribution is 6.03. The third-order valence-electron chi connectivity index (χ3n) is 9.12. The van der Waals surface area contributed by atoms with Gasteiger partial charge in [0.25, 0.3) is 5.91 Å². The number of amides is 1. The lowest BCUT2D eigenvalue weighted by molar-refractivity contribution is -0.202. The molecular formula is C32H37F3N6O5. The molecule has 2 saturated heterocycles. The predicted molar refractivity (Wildman–Crippen MR) is 160 cm³/mol. The van der Waals surface area contributed by atoms with Crippen molar-refractivity contribution in [2.45, 2.75) is 57.7 Å². The number of carbonyl (C=O) groups is 3. The number of imidazole rings is 1. The number of esters is 2. The molecule has 0 saturated carbocycles. The monoisotopic (exact) mass is 642 g/mol. The molecule has 3 heterocycles. The fourth-order valence-corrected chi connectivity index (χ4v) is 6.41. The first kappa shape index (κ1) is 33.3. The number of nitriles is 1. The second-order valence-corrected chi connectivity index (χ2v) is 12.7.